The van der Waals surface area contributed by atoms with E-state index in [9.17, 15) is 9.18 Å². The summed E-state index contributed by atoms with van der Waals surface area (Å²) in [6.07, 6.45) is 0.0836. The van der Waals surface area contributed by atoms with Gasteiger partial charge in [0, 0.05) is 17.9 Å². The second kappa shape index (κ2) is 9.14. The number of aromatic nitrogens is 2. The lowest BCUT2D eigenvalue weighted by atomic mass is 10.2. The zero-order chi connectivity index (χ0) is 20.8. The first-order valence-corrected chi connectivity index (χ1v) is 9.31. The van der Waals surface area contributed by atoms with Crippen molar-refractivity contribution in [2.45, 2.75) is 33.4 Å². The van der Waals surface area contributed by atoms with Gasteiger partial charge in [0.05, 0.1) is 6.10 Å². The van der Waals surface area contributed by atoms with Gasteiger partial charge in [-0.1, -0.05) is 12.1 Å². The Kier molecular flexibility index (Phi) is 6.39. The average Bonchev–Trinajstić information content (AvgIpc) is 2.68. The van der Waals surface area contributed by atoms with E-state index in [0.717, 1.165) is 11.3 Å². The predicted octanol–water partition coefficient (Wildman–Crippen LogP) is 4.58. The summed E-state index contributed by atoms with van der Waals surface area (Å²) in [6, 6.07) is 14.9. The number of nitrogens with zero attached hydrogens (tertiary/aromatic N) is 2. The van der Waals surface area contributed by atoms with E-state index >= 15 is 0 Å². The number of halogens is 1. The van der Waals surface area contributed by atoms with E-state index < -0.39 is 0 Å². The Bertz CT molecular complexity index is 973. The molecule has 0 aliphatic heterocycles. The summed E-state index contributed by atoms with van der Waals surface area (Å²) in [4.78, 5) is 21.2. The highest BCUT2D eigenvalue weighted by Gasteiger charge is 2.11. The van der Waals surface area contributed by atoms with Crippen LogP contribution in [0.15, 0.2) is 54.6 Å². The predicted molar refractivity (Wildman–Crippen MR) is 111 cm³/mol. The minimum absolute atomic E-state index is 0.0836. The van der Waals surface area contributed by atoms with Crippen molar-refractivity contribution in [3.63, 3.8) is 0 Å². The summed E-state index contributed by atoms with van der Waals surface area (Å²) >= 11 is 0. The fraction of sp³-hybridized carbons (Fsp3) is 0.227. The number of amides is 1. The smallest absolute Gasteiger partial charge is 0.274 e. The minimum atomic E-state index is -0.335. The number of carbonyl (C=O) groups is 1. The molecule has 0 fully saturated rings. The number of hydrogen-bond acceptors (Lipinski definition) is 5. The molecular formula is C22H23FN4O2. The van der Waals surface area contributed by atoms with Gasteiger partial charge in [-0.05, 0) is 68.8 Å². The monoisotopic (exact) mass is 394 g/mol. The maximum atomic E-state index is 13.0. The number of rotatable bonds is 7. The highest BCUT2D eigenvalue weighted by atomic mass is 19.1. The molecule has 150 valence electrons. The van der Waals surface area contributed by atoms with E-state index in [0.29, 0.717) is 23.9 Å². The number of aryl methyl sites for hydroxylation is 1. The molecule has 2 aromatic carbocycles. The summed E-state index contributed by atoms with van der Waals surface area (Å²) in [5, 5.41) is 5.88. The van der Waals surface area contributed by atoms with Gasteiger partial charge in [0.25, 0.3) is 5.91 Å². The number of carbonyl (C=O) groups excluding carboxylic acids is 1. The second-order valence-corrected chi connectivity index (χ2v) is 6.84. The molecule has 0 saturated heterocycles. The molecule has 1 amide bonds. The lowest BCUT2D eigenvalue weighted by Crippen LogP contribution is -2.16. The molecule has 7 heteroatoms. The van der Waals surface area contributed by atoms with E-state index in [4.69, 9.17) is 4.74 Å². The number of ether oxygens (including phenoxy) is 1. The molecular weight excluding hydrogens is 371 g/mol. The Morgan fingerprint density at radius 2 is 1.76 bits per heavy atom. The Morgan fingerprint density at radius 1 is 1.07 bits per heavy atom. The second-order valence-electron chi connectivity index (χ2n) is 6.84. The summed E-state index contributed by atoms with van der Waals surface area (Å²) in [5.41, 5.74) is 2.43. The molecule has 6 nitrogen and oxygen atoms in total. The van der Waals surface area contributed by atoms with Crippen LogP contribution in [0.3, 0.4) is 0 Å². The Morgan fingerprint density at radius 3 is 2.41 bits per heavy atom. The summed E-state index contributed by atoms with van der Waals surface area (Å²) < 4.78 is 18.6. The fourth-order valence-electron chi connectivity index (χ4n) is 2.63. The summed E-state index contributed by atoms with van der Waals surface area (Å²) in [5.74, 6) is 0.449. The Hall–Kier alpha value is -3.48. The van der Waals surface area contributed by atoms with Gasteiger partial charge in [0.15, 0.2) is 0 Å². The van der Waals surface area contributed by atoms with E-state index in [2.05, 4.69) is 20.6 Å². The molecule has 3 rings (SSSR count). The molecule has 0 aliphatic rings. The summed E-state index contributed by atoms with van der Waals surface area (Å²) in [6.45, 7) is 6.12. The lowest BCUT2D eigenvalue weighted by molar-refractivity contribution is 0.102. The largest absolute Gasteiger partial charge is 0.491 e. The van der Waals surface area contributed by atoms with Crippen LogP contribution in [-0.2, 0) is 6.54 Å². The van der Waals surface area contributed by atoms with Crippen LogP contribution in [0.5, 0.6) is 5.75 Å². The van der Waals surface area contributed by atoms with Crippen molar-refractivity contribution >= 4 is 17.5 Å². The molecule has 0 saturated carbocycles. The fourth-order valence-corrected chi connectivity index (χ4v) is 2.63. The van der Waals surface area contributed by atoms with Gasteiger partial charge in [-0.15, -0.1) is 0 Å². The normalized spacial score (nSPS) is 10.7. The quantitative estimate of drug-likeness (QED) is 0.614. The first-order chi connectivity index (χ1) is 13.9. The number of benzene rings is 2. The molecule has 0 aliphatic carbocycles. The molecule has 0 atom stereocenters. The molecule has 1 heterocycles. The molecule has 0 unspecified atom stereocenters. The number of anilines is 2. The molecule has 29 heavy (non-hydrogen) atoms. The Balaban J connectivity index is 1.66. The maximum Gasteiger partial charge on any atom is 0.274 e. The van der Waals surface area contributed by atoms with Gasteiger partial charge in [0.1, 0.15) is 17.3 Å². The topological polar surface area (TPSA) is 76.1 Å². The lowest BCUT2D eigenvalue weighted by Gasteiger charge is -2.11. The van der Waals surface area contributed by atoms with Crippen LogP contribution in [0.2, 0.25) is 0 Å². The first kappa shape index (κ1) is 20.3. The molecule has 2 N–H and O–H groups in total. The molecule has 1 aromatic heterocycles. The number of nitrogens with one attached hydrogen (secondary N) is 2. The highest BCUT2D eigenvalue weighted by Crippen LogP contribution is 2.18. The van der Waals surface area contributed by atoms with E-state index in [1.54, 1.807) is 49.4 Å². The van der Waals surface area contributed by atoms with Gasteiger partial charge in [0.2, 0.25) is 5.95 Å². The SMILES string of the molecule is Cc1cc(C(=O)Nc2ccc(OC(C)C)cc2)nc(NCc2ccc(F)cc2)n1. The zero-order valence-electron chi connectivity index (χ0n) is 16.6. The first-order valence-electron chi connectivity index (χ1n) is 9.31. The van der Waals surface area contributed by atoms with Gasteiger partial charge < -0.3 is 15.4 Å². The van der Waals surface area contributed by atoms with Crippen LogP contribution in [0.1, 0.15) is 35.6 Å². The highest BCUT2D eigenvalue weighted by molar-refractivity contribution is 6.03. The van der Waals surface area contributed by atoms with Crippen LogP contribution in [0.25, 0.3) is 0 Å². The standard InChI is InChI=1S/C22H23FN4O2/c1-14(2)29-19-10-8-18(9-11-19)26-21(28)20-12-15(3)25-22(27-20)24-13-16-4-6-17(23)7-5-16/h4-12,14H,13H2,1-3H3,(H,26,28)(H,24,25,27). The van der Waals surface area contributed by atoms with Crippen LogP contribution >= 0.6 is 0 Å². The minimum Gasteiger partial charge on any atom is -0.491 e. The van der Waals surface area contributed by atoms with Crippen LogP contribution in [0.4, 0.5) is 16.0 Å². The molecule has 3 aromatic rings. The van der Waals surface area contributed by atoms with Gasteiger partial charge in [-0.2, -0.15) is 0 Å². The van der Waals surface area contributed by atoms with Crippen molar-refractivity contribution < 1.29 is 13.9 Å². The number of hydrogen-bond donors (Lipinski definition) is 2. The van der Waals surface area contributed by atoms with Crippen LogP contribution < -0.4 is 15.4 Å². The zero-order valence-corrected chi connectivity index (χ0v) is 16.6. The third kappa shape index (κ3) is 6.00. The van der Waals surface area contributed by atoms with E-state index in [-0.39, 0.29) is 23.5 Å². The van der Waals surface area contributed by atoms with Crippen molar-refractivity contribution in [1.82, 2.24) is 9.97 Å². The van der Waals surface area contributed by atoms with Gasteiger partial charge in [-0.25, -0.2) is 14.4 Å². The van der Waals surface area contributed by atoms with Crippen LogP contribution in [0, 0.1) is 12.7 Å². The Labute approximate surface area is 169 Å². The van der Waals surface area contributed by atoms with Crippen molar-refractivity contribution in [3.8, 4) is 5.75 Å². The maximum absolute atomic E-state index is 13.0. The van der Waals surface area contributed by atoms with Crippen molar-refractivity contribution in [2.75, 3.05) is 10.6 Å². The van der Waals surface area contributed by atoms with Gasteiger partial charge in [-0.3, -0.25) is 4.79 Å². The van der Waals surface area contributed by atoms with Crippen molar-refractivity contribution in [1.29, 1.82) is 0 Å². The van der Waals surface area contributed by atoms with Crippen molar-refractivity contribution in [2.24, 2.45) is 0 Å². The van der Waals surface area contributed by atoms with Crippen molar-refractivity contribution in [3.05, 3.63) is 77.4 Å². The molecule has 0 bridgehead atoms. The van der Waals surface area contributed by atoms with Crippen LogP contribution in [-0.4, -0.2) is 22.0 Å². The van der Waals surface area contributed by atoms with E-state index in [1.165, 1.54) is 12.1 Å². The van der Waals surface area contributed by atoms with Gasteiger partial charge >= 0.3 is 0 Å². The molecule has 0 radical (unpaired) electrons. The molecule has 0 spiro atoms. The summed E-state index contributed by atoms with van der Waals surface area (Å²) in [7, 11) is 0. The average molecular weight is 394 g/mol. The third-order valence-corrected chi connectivity index (χ3v) is 3.93. The van der Waals surface area contributed by atoms with E-state index in [1.807, 2.05) is 13.8 Å². The third-order valence-electron chi connectivity index (χ3n) is 3.93.